The summed E-state index contributed by atoms with van der Waals surface area (Å²) < 4.78 is 84.8. The number of unbranched alkanes of at least 4 members (excludes halogenated alkanes) is 1. The molecule has 9 heteroatoms. The number of rotatable bonds is 9. The van der Waals surface area contributed by atoms with Gasteiger partial charge in [0.1, 0.15) is 6.29 Å². The van der Waals surface area contributed by atoms with E-state index in [2.05, 4.69) is 4.43 Å². The second-order valence-corrected chi connectivity index (χ2v) is 12.2. The summed E-state index contributed by atoms with van der Waals surface area (Å²) in [4.78, 5) is 10.3. The second-order valence-electron chi connectivity index (χ2n) is 7.78. The third kappa shape index (κ3) is 7.51. The summed E-state index contributed by atoms with van der Waals surface area (Å²) in [5.74, 6) is 0. The standard InChI is InChI=1S/C16H26F6O2Si/c1-13(2,9-6-7-12-23)10-8-11-14(15(17,18)19,16(20,21)22)24-25(3,4)5/h8,11-12H,6-7,9-10H2,1-5H3. The van der Waals surface area contributed by atoms with E-state index >= 15 is 0 Å². The molecule has 0 amide bonds. The van der Waals surface area contributed by atoms with Crippen molar-refractivity contribution in [3.05, 3.63) is 12.2 Å². The van der Waals surface area contributed by atoms with Crippen molar-refractivity contribution in [3.8, 4) is 0 Å². The summed E-state index contributed by atoms with van der Waals surface area (Å²) in [6.07, 6.45) is -8.17. The third-order valence-electron chi connectivity index (χ3n) is 3.51. The van der Waals surface area contributed by atoms with Crippen LogP contribution in [0.1, 0.15) is 39.5 Å². The molecule has 0 fully saturated rings. The summed E-state index contributed by atoms with van der Waals surface area (Å²) in [5.41, 5.74) is -4.83. The van der Waals surface area contributed by atoms with Crippen LogP contribution in [-0.4, -0.2) is 32.6 Å². The van der Waals surface area contributed by atoms with Crippen LogP contribution in [0.2, 0.25) is 19.6 Å². The van der Waals surface area contributed by atoms with Gasteiger partial charge < -0.3 is 9.22 Å². The first-order valence-corrected chi connectivity index (χ1v) is 11.3. The van der Waals surface area contributed by atoms with Gasteiger partial charge in [-0.05, 0) is 50.4 Å². The molecule has 0 aliphatic heterocycles. The van der Waals surface area contributed by atoms with E-state index in [1.807, 2.05) is 0 Å². The minimum Gasteiger partial charge on any atom is -0.394 e. The van der Waals surface area contributed by atoms with Crippen molar-refractivity contribution in [2.24, 2.45) is 5.41 Å². The summed E-state index contributed by atoms with van der Waals surface area (Å²) >= 11 is 0. The predicted molar refractivity (Wildman–Crippen MR) is 86.7 cm³/mol. The van der Waals surface area contributed by atoms with Crippen molar-refractivity contribution in [3.63, 3.8) is 0 Å². The lowest BCUT2D eigenvalue weighted by Gasteiger charge is -2.39. The lowest BCUT2D eigenvalue weighted by molar-refractivity contribution is -0.340. The van der Waals surface area contributed by atoms with Gasteiger partial charge in [0.05, 0.1) is 0 Å². The molecule has 0 N–H and O–H groups in total. The van der Waals surface area contributed by atoms with Crippen LogP contribution < -0.4 is 0 Å². The summed E-state index contributed by atoms with van der Waals surface area (Å²) in [6.45, 7) is 7.28. The van der Waals surface area contributed by atoms with Crippen LogP contribution in [-0.2, 0) is 9.22 Å². The maximum absolute atomic E-state index is 13.4. The van der Waals surface area contributed by atoms with Crippen molar-refractivity contribution in [1.29, 1.82) is 0 Å². The maximum Gasteiger partial charge on any atom is 0.429 e. The molecule has 0 heterocycles. The van der Waals surface area contributed by atoms with Crippen LogP contribution in [0.25, 0.3) is 0 Å². The van der Waals surface area contributed by atoms with E-state index < -0.39 is 31.7 Å². The average Bonchev–Trinajstić information content (AvgIpc) is 2.33. The maximum atomic E-state index is 13.4. The normalized spacial score (nSPS) is 15.0. The van der Waals surface area contributed by atoms with Crippen molar-refractivity contribution in [2.75, 3.05) is 0 Å². The topological polar surface area (TPSA) is 26.3 Å². The van der Waals surface area contributed by atoms with Gasteiger partial charge in [-0.25, -0.2) is 0 Å². The number of carbonyl (C=O) groups is 1. The highest BCUT2D eigenvalue weighted by Crippen LogP contribution is 2.48. The summed E-state index contributed by atoms with van der Waals surface area (Å²) in [7, 11) is -3.16. The number of aldehydes is 1. The van der Waals surface area contributed by atoms with Crippen LogP contribution >= 0.6 is 0 Å². The Kier molecular flexibility index (Phi) is 7.97. The van der Waals surface area contributed by atoms with Gasteiger partial charge >= 0.3 is 12.4 Å². The molecule has 0 aromatic rings. The average molecular weight is 392 g/mol. The Hall–Kier alpha value is -0.833. The number of hydrogen-bond donors (Lipinski definition) is 0. The zero-order chi connectivity index (χ0) is 20.2. The van der Waals surface area contributed by atoms with Crippen LogP contribution in [0.4, 0.5) is 26.3 Å². The van der Waals surface area contributed by atoms with Gasteiger partial charge in [-0.15, -0.1) is 0 Å². The number of halogens is 6. The molecule has 0 unspecified atom stereocenters. The minimum absolute atomic E-state index is 0.00876. The van der Waals surface area contributed by atoms with Gasteiger partial charge in [-0.2, -0.15) is 26.3 Å². The minimum atomic E-state index is -5.62. The number of alkyl halides is 6. The Morgan fingerprint density at radius 2 is 1.44 bits per heavy atom. The Morgan fingerprint density at radius 1 is 0.960 bits per heavy atom. The molecule has 148 valence electrons. The quantitative estimate of drug-likeness (QED) is 0.157. The van der Waals surface area contributed by atoms with Crippen LogP contribution in [0.15, 0.2) is 12.2 Å². The lowest BCUT2D eigenvalue weighted by atomic mass is 9.83. The number of allylic oxidation sites excluding steroid dienone is 1. The highest BCUT2D eigenvalue weighted by atomic mass is 28.4. The molecule has 0 aliphatic carbocycles. The van der Waals surface area contributed by atoms with E-state index in [1.54, 1.807) is 13.8 Å². The Bertz CT molecular complexity index is 447. The highest BCUT2D eigenvalue weighted by Gasteiger charge is 2.71. The second kappa shape index (κ2) is 8.24. The van der Waals surface area contributed by atoms with Crippen LogP contribution in [0, 0.1) is 5.41 Å². The van der Waals surface area contributed by atoms with E-state index in [4.69, 9.17) is 0 Å². The van der Waals surface area contributed by atoms with E-state index in [-0.39, 0.29) is 12.5 Å². The first kappa shape index (κ1) is 24.2. The zero-order valence-electron chi connectivity index (χ0n) is 15.1. The molecule has 0 aromatic carbocycles. The SMILES string of the molecule is CC(C)(CC=CC(O[Si](C)(C)C)(C(F)(F)F)C(F)(F)F)CCCC=O. The summed E-state index contributed by atoms with van der Waals surface area (Å²) in [5, 5.41) is 0. The molecule has 0 radical (unpaired) electrons. The van der Waals surface area contributed by atoms with Gasteiger partial charge in [0, 0.05) is 6.42 Å². The molecule has 25 heavy (non-hydrogen) atoms. The van der Waals surface area contributed by atoms with E-state index in [0.29, 0.717) is 19.3 Å². The Labute approximate surface area is 145 Å². The van der Waals surface area contributed by atoms with Crippen molar-refractivity contribution >= 4 is 14.6 Å². The highest BCUT2D eigenvalue weighted by molar-refractivity contribution is 6.69. The fourth-order valence-corrected chi connectivity index (χ4v) is 3.56. The molecule has 2 nitrogen and oxygen atoms in total. The Morgan fingerprint density at radius 3 is 1.80 bits per heavy atom. The fraction of sp³-hybridized carbons (Fsp3) is 0.812. The molecule has 0 bridgehead atoms. The zero-order valence-corrected chi connectivity index (χ0v) is 16.1. The van der Waals surface area contributed by atoms with E-state index in [1.165, 1.54) is 19.6 Å². The van der Waals surface area contributed by atoms with E-state index in [0.717, 1.165) is 12.4 Å². The van der Waals surface area contributed by atoms with Gasteiger partial charge in [-0.1, -0.05) is 19.9 Å². The van der Waals surface area contributed by atoms with Crippen molar-refractivity contribution < 1.29 is 35.6 Å². The van der Waals surface area contributed by atoms with Gasteiger partial charge in [0.15, 0.2) is 8.32 Å². The van der Waals surface area contributed by atoms with Crippen LogP contribution in [0.5, 0.6) is 0 Å². The predicted octanol–water partition coefficient (Wildman–Crippen LogP) is 6.04. The van der Waals surface area contributed by atoms with Gasteiger partial charge in [0.25, 0.3) is 5.60 Å². The van der Waals surface area contributed by atoms with Crippen molar-refractivity contribution in [1.82, 2.24) is 0 Å². The molecule has 0 aromatic heterocycles. The molecular formula is C16H26F6O2Si. The monoisotopic (exact) mass is 392 g/mol. The molecule has 0 saturated carbocycles. The molecule has 0 saturated heterocycles. The van der Waals surface area contributed by atoms with Crippen LogP contribution in [0.3, 0.4) is 0 Å². The number of hydrogen-bond acceptors (Lipinski definition) is 2. The molecule has 0 aliphatic rings. The molecule has 0 spiro atoms. The van der Waals surface area contributed by atoms with E-state index in [9.17, 15) is 31.1 Å². The molecule has 0 atom stereocenters. The first-order valence-electron chi connectivity index (χ1n) is 7.92. The smallest absolute Gasteiger partial charge is 0.394 e. The third-order valence-corrected chi connectivity index (χ3v) is 4.44. The van der Waals surface area contributed by atoms with Crippen molar-refractivity contribution in [2.45, 2.75) is 77.1 Å². The Balaban J connectivity index is 5.60. The first-order chi connectivity index (χ1) is 11.0. The summed E-state index contributed by atoms with van der Waals surface area (Å²) in [6, 6.07) is 0. The molecular weight excluding hydrogens is 366 g/mol. The van der Waals surface area contributed by atoms with Gasteiger partial charge in [-0.3, -0.25) is 0 Å². The fourth-order valence-electron chi connectivity index (χ4n) is 2.29. The molecule has 0 rings (SSSR count). The number of carbonyl (C=O) groups excluding carboxylic acids is 1. The van der Waals surface area contributed by atoms with Gasteiger partial charge in [0.2, 0.25) is 0 Å². The largest absolute Gasteiger partial charge is 0.429 e. The lowest BCUT2D eigenvalue weighted by Crippen LogP contribution is -2.61.